The number of hydrogen-bond acceptors (Lipinski definition) is 3. The van der Waals surface area contributed by atoms with Crippen LogP contribution < -0.4 is 10.2 Å². The molecule has 16 heavy (non-hydrogen) atoms. The third-order valence-electron chi connectivity index (χ3n) is 2.67. The smallest absolute Gasteiger partial charge is 0.231 e. The summed E-state index contributed by atoms with van der Waals surface area (Å²) >= 11 is 2.16. The van der Waals surface area contributed by atoms with Gasteiger partial charge in [0.25, 0.3) is 0 Å². The van der Waals surface area contributed by atoms with Crippen molar-refractivity contribution in [2.24, 2.45) is 5.92 Å². The highest BCUT2D eigenvalue weighted by Crippen LogP contribution is 2.17. The molecular formula is C11H14IN3O. The van der Waals surface area contributed by atoms with Gasteiger partial charge in [-0.1, -0.05) is 6.92 Å². The van der Waals surface area contributed by atoms with Crippen LogP contribution in [-0.2, 0) is 4.79 Å². The van der Waals surface area contributed by atoms with Gasteiger partial charge in [0.15, 0.2) is 0 Å². The molecule has 1 fully saturated rings. The number of carbonyl (C=O) groups excluding carboxylic acids is 1. The molecular weight excluding hydrogens is 317 g/mol. The van der Waals surface area contributed by atoms with E-state index in [9.17, 15) is 4.79 Å². The van der Waals surface area contributed by atoms with E-state index in [1.54, 1.807) is 6.20 Å². The van der Waals surface area contributed by atoms with Crippen LogP contribution >= 0.6 is 22.6 Å². The van der Waals surface area contributed by atoms with E-state index in [1.165, 1.54) is 0 Å². The molecule has 0 radical (unpaired) electrons. The fraction of sp³-hybridized carbons (Fsp3) is 0.455. The van der Waals surface area contributed by atoms with E-state index >= 15 is 0 Å². The molecule has 86 valence electrons. The summed E-state index contributed by atoms with van der Waals surface area (Å²) < 4.78 is 0.940. The van der Waals surface area contributed by atoms with E-state index in [-0.39, 0.29) is 11.8 Å². The molecule has 1 saturated heterocycles. The van der Waals surface area contributed by atoms with Crippen molar-refractivity contribution >= 4 is 34.2 Å². The summed E-state index contributed by atoms with van der Waals surface area (Å²) in [5.74, 6) is 0.204. The van der Waals surface area contributed by atoms with Crippen molar-refractivity contribution in [2.45, 2.75) is 6.92 Å². The molecule has 0 saturated carbocycles. The van der Waals surface area contributed by atoms with E-state index in [0.717, 1.165) is 22.5 Å². The molecule has 1 N–H and O–H groups in total. The molecule has 1 aromatic heterocycles. The number of aromatic nitrogens is 1. The Bertz CT molecular complexity index is 379. The molecule has 0 spiro atoms. The number of hydrogen-bond donors (Lipinski definition) is 1. The fourth-order valence-electron chi connectivity index (χ4n) is 1.76. The number of anilines is 1. The average molecular weight is 331 g/mol. The minimum atomic E-state index is 0.0294. The predicted molar refractivity (Wildman–Crippen MR) is 71.3 cm³/mol. The second kappa shape index (κ2) is 5.09. The SMILES string of the molecule is CC1CNCCN(c2ccc(I)nc2)C1=O. The van der Waals surface area contributed by atoms with Crippen molar-refractivity contribution in [3.05, 3.63) is 22.0 Å². The van der Waals surface area contributed by atoms with Crippen molar-refractivity contribution in [3.63, 3.8) is 0 Å². The van der Waals surface area contributed by atoms with Gasteiger partial charge < -0.3 is 10.2 Å². The van der Waals surface area contributed by atoms with Gasteiger partial charge in [0, 0.05) is 25.6 Å². The van der Waals surface area contributed by atoms with Gasteiger partial charge in [0.05, 0.1) is 11.9 Å². The zero-order chi connectivity index (χ0) is 11.5. The Labute approximate surface area is 109 Å². The Morgan fingerprint density at radius 2 is 2.38 bits per heavy atom. The Morgan fingerprint density at radius 3 is 3.06 bits per heavy atom. The van der Waals surface area contributed by atoms with Gasteiger partial charge in [-0.05, 0) is 34.7 Å². The van der Waals surface area contributed by atoms with Gasteiger partial charge in [-0.25, -0.2) is 4.98 Å². The first kappa shape index (κ1) is 11.8. The molecule has 1 unspecified atom stereocenters. The predicted octanol–water partition coefficient (Wildman–Crippen LogP) is 1.26. The number of halogens is 1. The Balaban J connectivity index is 2.24. The molecule has 0 bridgehead atoms. The van der Waals surface area contributed by atoms with Gasteiger partial charge >= 0.3 is 0 Å². The lowest BCUT2D eigenvalue weighted by molar-refractivity contribution is -0.121. The summed E-state index contributed by atoms with van der Waals surface area (Å²) in [4.78, 5) is 18.1. The largest absolute Gasteiger partial charge is 0.314 e. The first-order chi connectivity index (χ1) is 7.68. The van der Waals surface area contributed by atoms with Crippen LogP contribution in [0.25, 0.3) is 0 Å². The van der Waals surface area contributed by atoms with E-state index in [4.69, 9.17) is 0 Å². The first-order valence-electron chi connectivity index (χ1n) is 5.32. The molecule has 0 aromatic carbocycles. The topological polar surface area (TPSA) is 45.2 Å². The number of nitrogens with zero attached hydrogens (tertiary/aromatic N) is 2. The molecule has 1 atom stereocenters. The summed E-state index contributed by atoms with van der Waals surface area (Å²) in [7, 11) is 0. The molecule has 5 heteroatoms. The number of amides is 1. The highest BCUT2D eigenvalue weighted by molar-refractivity contribution is 14.1. The van der Waals surface area contributed by atoms with Crippen LogP contribution in [0.1, 0.15) is 6.92 Å². The highest BCUT2D eigenvalue weighted by Gasteiger charge is 2.24. The zero-order valence-corrected chi connectivity index (χ0v) is 11.3. The quantitative estimate of drug-likeness (QED) is 0.623. The lowest BCUT2D eigenvalue weighted by Gasteiger charge is -2.21. The maximum Gasteiger partial charge on any atom is 0.231 e. The fourth-order valence-corrected chi connectivity index (χ4v) is 2.08. The van der Waals surface area contributed by atoms with E-state index in [2.05, 4.69) is 32.9 Å². The maximum atomic E-state index is 12.1. The van der Waals surface area contributed by atoms with Gasteiger partial charge in [-0.2, -0.15) is 0 Å². The summed E-state index contributed by atoms with van der Waals surface area (Å²) in [6, 6.07) is 3.87. The average Bonchev–Trinajstić information content (AvgIpc) is 2.44. The van der Waals surface area contributed by atoms with Crippen LogP contribution in [0.4, 0.5) is 5.69 Å². The van der Waals surface area contributed by atoms with Crippen LogP contribution in [0.5, 0.6) is 0 Å². The minimum absolute atomic E-state index is 0.0294. The number of rotatable bonds is 1. The summed E-state index contributed by atoms with van der Waals surface area (Å²) in [6.07, 6.45) is 1.76. The normalized spacial score (nSPS) is 22.0. The summed E-state index contributed by atoms with van der Waals surface area (Å²) in [5.41, 5.74) is 0.890. The van der Waals surface area contributed by atoms with Gasteiger partial charge in [-0.3, -0.25) is 4.79 Å². The number of nitrogens with one attached hydrogen (secondary N) is 1. The van der Waals surface area contributed by atoms with Crippen LogP contribution in [0.2, 0.25) is 0 Å². The van der Waals surface area contributed by atoms with Crippen LogP contribution in [0.15, 0.2) is 18.3 Å². The molecule has 2 heterocycles. The third kappa shape index (κ3) is 2.52. The Morgan fingerprint density at radius 1 is 1.56 bits per heavy atom. The first-order valence-corrected chi connectivity index (χ1v) is 6.40. The second-order valence-electron chi connectivity index (χ2n) is 3.93. The molecule has 2 rings (SSSR count). The van der Waals surface area contributed by atoms with Crippen molar-refractivity contribution in [1.82, 2.24) is 10.3 Å². The van der Waals surface area contributed by atoms with Crippen molar-refractivity contribution in [3.8, 4) is 0 Å². The monoisotopic (exact) mass is 331 g/mol. The molecule has 1 aliphatic heterocycles. The van der Waals surface area contributed by atoms with E-state index in [1.807, 2.05) is 24.0 Å². The molecule has 0 aliphatic carbocycles. The van der Waals surface area contributed by atoms with Gasteiger partial charge in [0.1, 0.15) is 3.70 Å². The Kier molecular flexibility index (Phi) is 3.75. The maximum absolute atomic E-state index is 12.1. The van der Waals surface area contributed by atoms with E-state index in [0.29, 0.717) is 6.54 Å². The van der Waals surface area contributed by atoms with Crippen molar-refractivity contribution in [2.75, 3.05) is 24.5 Å². The molecule has 4 nitrogen and oxygen atoms in total. The lowest BCUT2D eigenvalue weighted by Crippen LogP contribution is -2.35. The molecule has 1 amide bonds. The molecule has 1 aromatic rings. The summed E-state index contributed by atoms with van der Waals surface area (Å²) in [6.45, 7) is 4.26. The third-order valence-corrected chi connectivity index (χ3v) is 3.31. The van der Waals surface area contributed by atoms with Gasteiger partial charge in [0.2, 0.25) is 5.91 Å². The van der Waals surface area contributed by atoms with Gasteiger partial charge in [-0.15, -0.1) is 0 Å². The summed E-state index contributed by atoms with van der Waals surface area (Å²) in [5, 5.41) is 3.25. The second-order valence-corrected chi connectivity index (χ2v) is 5.04. The van der Waals surface area contributed by atoms with Crippen molar-refractivity contribution < 1.29 is 4.79 Å². The number of pyridine rings is 1. The van der Waals surface area contributed by atoms with Crippen LogP contribution in [-0.4, -0.2) is 30.5 Å². The molecule has 1 aliphatic rings. The minimum Gasteiger partial charge on any atom is -0.314 e. The van der Waals surface area contributed by atoms with Crippen LogP contribution in [0.3, 0.4) is 0 Å². The standard InChI is InChI=1S/C11H14IN3O/c1-8-6-13-4-5-15(11(8)16)9-2-3-10(12)14-7-9/h2-3,7-8,13H,4-6H2,1H3. The zero-order valence-electron chi connectivity index (χ0n) is 9.11. The number of carbonyl (C=O) groups is 1. The van der Waals surface area contributed by atoms with Crippen molar-refractivity contribution in [1.29, 1.82) is 0 Å². The van der Waals surface area contributed by atoms with Crippen LogP contribution in [0, 0.1) is 9.62 Å². The van der Waals surface area contributed by atoms with E-state index < -0.39 is 0 Å². The highest BCUT2D eigenvalue weighted by atomic mass is 127. The lowest BCUT2D eigenvalue weighted by atomic mass is 10.1. The Hall–Kier alpha value is -0.690.